The van der Waals surface area contributed by atoms with Gasteiger partial charge in [-0.3, -0.25) is 9.88 Å². The number of nitrogens with zero attached hydrogens (tertiary/aromatic N) is 4. The molecule has 202 valence electrons. The Bertz CT molecular complexity index is 1270. The molecule has 3 aromatic rings. The molecule has 5 rings (SSSR count). The fraction of sp³-hybridized carbons (Fsp3) is 0.429. The number of pyridine rings is 1. The van der Waals surface area contributed by atoms with Crippen molar-refractivity contribution < 1.29 is 17.9 Å². The van der Waals surface area contributed by atoms with Gasteiger partial charge in [0, 0.05) is 49.5 Å². The summed E-state index contributed by atoms with van der Waals surface area (Å²) in [6.07, 6.45) is -1.71. The van der Waals surface area contributed by atoms with Gasteiger partial charge in [-0.2, -0.15) is 13.2 Å². The molecular weight excluding hydrogens is 511 g/mol. The van der Waals surface area contributed by atoms with Gasteiger partial charge in [0.25, 0.3) is 0 Å². The van der Waals surface area contributed by atoms with Crippen LogP contribution in [0.4, 0.5) is 13.2 Å². The number of nitrogens with one attached hydrogen (secondary N) is 1. The van der Waals surface area contributed by atoms with Crippen LogP contribution in [0.2, 0.25) is 0 Å². The highest BCUT2D eigenvalue weighted by molar-refractivity contribution is 7.80. The molecule has 2 atom stereocenters. The zero-order valence-corrected chi connectivity index (χ0v) is 22.4. The van der Waals surface area contributed by atoms with E-state index < -0.39 is 11.7 Å². The summed E-state index contributed by atoms with van der Waals surface area (Å²) in [5, 5.41) is 4.15. The molecule has 0 bridgehead atoms. The monoisotopic (exact) mass is 543 g/mol. The third kappa shape index (κ3) is 5.43. The highest BCUT2D eigenvalue weighted by Gasteiger charge is 2.41. The average Bonchev–Trinajstić information content (AvgIpc) is 3.39. The summed E-state index contributed by atoms with van der Waals surface area (Å²) in [6.45, 7) is 8.98. The molecule has 0 unspecified atom stereocenters. The predicted octanol–water partition coefficient (Wildman–Crippen LogP) is 5.20. The molecule has 0 saturated carbocycles. The molecule has 6 nitrogen and oxygen atoms in total. The first kappa shape index (κ1) is 26.6. The molecule has 2 aromatic heterocycles. The molecule has 2 aliphatic rings. The van der Waals surface area contributed by atoms with Gasteiger partial charge >= 0.3 is 6.18 Å². The van der Waals surface area contributed by atoms with E-state index in [0.29, 0.717) is 10.8 Å². The SMILES string of the molecule is Cc1cc([C@@H]2[C@H](c3ccccn3)NC(=S)N2CCCN2CCOCC2)c(C)n1-c1cccc(C(F)(F)F)c1. The molecule has 1 aromatic carbocycles. The Kier molecular flexibility index (Phi) is 7.74. The summed E-state index contributed by atoms with van der Waals surface area (Å²) in [6, 6.07) is 13.0. The van der Waals surface area contributed by atoms with Crippen molar-refractivity contribution in [2.75, 3.05) is 39.4 Å². The molecule has 2 saturated heterocycles. The van der Waals surface area contributed by atoms with E-state index >= 15 is 0 Å². The van der Waals surface area contributed by atoms with Crippen LogP contribution >= 0.6 is 12.2 Å². The Morgan fingerprint density at radius 1 is 1.05 bits per heavy atom. The first-order valence-corrected chi connectivity index (χ1v) is 13.3. The van der Waals surface area contributed by atoms with Gasteiger partial charge in [-0.25, -0.2) is 0 Å². The summed E-state index contributed by atoms with van der Waals surface area (Å²) in [5.41, 5.74) is 3.47. The zero-order valence-electron chi connectivity index (χ0n) is 21.5. The molecule has 2 aliphatic heterocycles. The van der Waals surface area contributed by atoms with Crippen molar-refractivity contribution in [3.8, 4) is 5.69 Å². The minimum atomic E-state index is -4.41. The quantitative estimate of drug-likeness (QED) is 0.414. The lowest BCUT2D eigenvalue weighted by Gasteiger charge is -2.30. The molecule has 1 N–H and O–H groups in total. The number of hydrogen-bond acceptors (Lipinski definition) is 4. The van der Waals surface area contributed by atoms with Crippen molar-refractivity contribution in [1.82, 2.24) is 24.7 Å². The lowest BCUT2D eigenvalue weighted by molar-refractivity contribution is -0.137. The van der Waals surface area contributed by atoms with E-state index in [-0.39, 0.29) is 12.1 Å². The van der Waals surface area contributed by atoms with Gasteiger partial charge in [-0.1, -0.05) is 12.1 Å². The average molecular weight is 544 g/mol. The van der Waals surface area contributed by atoms with Crippen molar-refractivity contribution in [3.05, 3.63) is 82.9 Å². The van der Waals surface area contributed by atoms with E-state index in [1.165, 1.54) is 12.1 Å². The van der Waals surface area contributed by atoms with Gasteiger partial charge in [0.05, 0.1) is 36.6 Å². The zero-order chi connectivity index (χ0) is 26.9. The van der Waals surface area contributed by atoms with Crippen molar-refractivity contribution in [2.24, 2.45) is 0 Å². The van der Waals surface area contributed by atoms with E-state index in [1.54, 1.807) is 12.3 Å². The van der Waals surface area contributed by atoms with Crippen molar-refractivity contribution >= 4 is 17.3 Å². The molecular formula is C28H32F3N5OS. The first-order valence-electron chi connectivity index (χ1n) is 12.9. The van der Waals surface area contributed by atoms with Crippen LogP contribution in [0.25, 0.3) is 5.69 Å². The second-order valence-electron chi connectivity index (χ2n) is 9.84. The smallest absolute Gasteiger partial charge is 0.379 e. The lowest BCUT2D eigenvalue weighted by atomic mass is 9.96. The number of ether oxygens (including phenoxy) is 1. The van der Waals surface area contributed by atoms with Crippen LogP contribution in [0.5, 0.6) is 0 Å². The molecule has 10 heteroatoms. The van der Waals surface area contributed by atoms with Gasteiger partial charge in [-0.15, -0.1) is 0 Å². The van der Waals surface area contributed by atoms with Gasteiger partial charge in [0.15, 0.2) is 5.11 Å². The van der Waals surface area contributed by atoms with Crippen LogP contribution in [-0.2, 0) is 10.9 Å². The minimum Gasteiger partial charge on any atom is -0.379 e. The number of aryl methyl sites for hydroxylation is 1. The number of morpholine rings is 1. The number of aromatic nitrogens is 2. The second-order valence-corrected chi connectivity index (χ2v) is 10.2. The molecule has 2 fully saturated rings. The Hall–Kier alpha value is -2.95. The maximum absolute atomic E-state index is 13.5. The molecule has 38 heavy (non-hydrogen) atoms. The lowest BCUT2D eigenvalue weighted by Crippen LogP contribution is -2.39. The second kappa shape index (κ2) is 11.0. The maximum Gasteiger partial charge on any atom is 0.416 e. The van der Waals surface area contributed by atoms with E-state index in [1.807, 2.05) is 36.6 Å². The Morgan fingerprint density at radius 2 is 1.84 bits per heavy atom. The third-order valence-electron chi connectivity index (χ3n) is 7.40. The van der Waals surface area contributed by atoms with Crippen LogP contribution in [0.1, 0.15) is 46.7 Å². The number of thiocarbonyl (C=S) groups is 1. The number of halogens is 3. The van der Waals surface area contributed by atoms with Crippen LogP contribution < -0.4 is 5.32 Å². The van der Waals surface area contributed by atoms with Gasteiger partial charge in [0.1, 0.15) is 0 Å². The predicted molar refractivity (Wildman–Crippen MR) is 144 cm³/mol. The van der Waals surface area contributed by atoms with Crippen LogP contribution in [0, 0.1) is 13.8 Å². The summed E-state index contributed by atoms with van der Waals surface area (Å²) in [5.74, 6) is 0. The summed E-state index contributed by atoms with van der Waals surface area (Å²) in [7, 11) is 0. The van der Waals surface area contributed by atoms with Gasteiger partial charge in [0.2, 0.25) is 0 Å². The first-order chi connectivity index (χ1) is 18.2. The fourth-order valence-corrected chi connectivity index (χ4v) is 5.91. The Labute approximate surface area is 226 Å². The largest absolute Gasteiger partial charge is 0.416 e. The van der Waals surface area contributed by atoms with E-state index in [0.717, 1.165) is 74.5 Å². The van der Waals surface area contributed by atoms with E-state index in [4.69, 9.17) is 17.0 Å². The molecule has 0 spiro atoms. The van der Waals surface area contributed by atoms with Crippen LogP contribution in [-0.4, -0.2) is 63.9 Å². The number of alkyl halides is 3. The fourth-order valence-electron chi connectivity index (χ4n) is 5.58. The van der Waals surface area contributed by atoms with E-state index in [9.17, 15) is 13.2 Å². The van der Waals surface area contributed by atoms with Gasteiger partial charge < -0.3 is 19.5 Å². The summed E-state index contributed by atoms with van der Waals surface area (Å²) in [4.78, 5) is 9.23. The van der Waals surface area contributed by atoms with Crippen LogP contribution in [0.15, 0.2) is 54.7 Å². The third-order valence-corrected chi connectivity index (χ3v) is 7.75. The van der Waals surface area contributed by atoms with Crippen LogP contribution in [0.3, 0.4) is 0 Å². The summed E-state index contributed by atoms with van der Waals surface area (Å²) >= 11 is 5.82. The van der Waals surface area contributed by atoms with Gasteiger partial charge in [-0.05, 0) is 74.4 Å². The molecule has 4 heterocycles. The Balaban J connectivity index is 1.49. The standard InChI is InChI=1S/C28H32F3N5OS/c1-19-17-23(20(2)36(19)22-8-5-7-21(18-22)28(29,30)31)26-25(24-9-3-4-10-32-24)33-27(38)35(26)12-6-11-34-13-15-37-16-14-34/h3-5,7-10,17-18,25-26H,6,11-16H2,1-2H3,(H,33,38)/t25-,26+/m0/s1. The maximum atomic E-state index is 13.5. The van der Waals surface area contributed by atoms with Crippen molar-refractivity contribution in [2.45, 2.75) is 38.5 Å². The van der Waals surface area contributed by atoms with Crippen molar-refractivity contribution in [1.29, 1.82) is 0 Å². The molecule has 0 amide bonds. The summed E-state index contributed by atoms with van der Waals surface area (Å²) < 4.78 is 47.8. The normalized spacial score (nSPS) is 20.7. The molecule has 0 aliphatic carbocycles. The molecule has 0 radical (unpaired) electrons. The number of benzene rings is 1. The Morgan fingerprint density at radius 3 is 2.55 bits per heavy atom. The highest BCUT2D eigenvalue weighted by atomic mass is 32.1. The highest BCUT2D eigenvalue weighted by Crippen LogP contribution is 2.41. The van der Waals surface area contributed by atoms with E-state index in [2.05, 4.69) is 26.2 Å². The minimum absolute atomic E-state index is 0.146. The number of rotatable bonds is 7. The van der Waals surface area contributed by atoms with Crippen molar-refractivity contribution in [3.63, 3.8) is 0 Å². The topological polar surface area (TPSA) is 45.6 Å². The number of hydrogen-bond donors (Lipinski definition) is 1.